The molecule has 13 heteroatoms. The third kappa shape index (κ3) is 5.20. The summed E-state index contributed by atoms with van der Waals surface area (Å²) in [6.07, 6.45) is -3.35. The van der Waals surface area contributed by atoms with Crippen LogP contribution < -0.4 is 9.80 Å². The van der Waals surface area contributed by atoms with Crippen molar-refractivity contribution < 1.29 is 33.4 Å². The van der Waals surface area contributed by atoms with E-state index in [0.29, 0.717) is 0 Å². The maximum Gasteiger partial charge on any atom is 0.415 e. The molecule has 0 bridgehead atoms. The van der Waals surface area contributed by atoms with E-state index in [1.54, 1.807) is 24.3 Å². The van der Waals surface area contributed by atoms with E-state index in [2.05, 4.69) is 10.0 Å². The number of halogens is 1. The molecule has 1 N–H and O–H groups in total. The van der Waals surface area contributed by atoms with Crippen LogP contribution >= 0.6 is 0 Å². The molecule has 1 atom stereocenters. The van der Waals surface area contributed by atoms with Gasteiger partial charge in [-0.25, -0.2) is 18.8 Å². The molecule has 2 aromatic rings. The molecule has 0 saturated carbocycles. The van der Waals surface area contributed by atoms with Gasteiger partial charge < -0.3 is 19.5 Å². The molecule has 2 fully saturated rings. The molecular weight excluding hydrogens is 463 g/mol. The Morgan fingerprint density at radius 1 is 1.23 bits per heavy atom. The number of carbonyl (C=O) groups excluding carboxylic acids is 2. The molecule has 0 aromatic heterocycles. The number of anilines is 2. The van der Waals surface area contributed by atoms with Gasteiger partial charge in [-0.3, -0.25) is 9.80 Å². The standard InChI is InChI=1S/C22H21FN6O6/c23-18-8-15(28-12-17(9-25-26-24)35-21(28)32)6-7-19(18)29(16-10-27(11-16)20(30)31)22(33)34-13-14-4-2-1-3-5-14/h1-8,16-17H,9-13H2,(H,30,31)/t17-/m0/s1. The summed E-state index contributed by atoms with van der Waals surface area (Å²) in [5.74, 6) is -0.806. The minimum absolute atomic E-state index is 0.00347. The lowest BCUT2D eigenvalue weighted by molar-refractivity contribution is 0.0957. The summed E-state index contributed by atoms with van der Waals surface area (Å²) in [4.78, 5) is 42.3. The first kappa shape index (κ1) is 23.6. The Kier molecular flexibility index (Phi) is 6.88. The summed E-state index contributed by atoms with van der Waals surface area (Å²) in [5.41, 5.74) is 9.25. The number of ether oxygens (including phenoxy) is 2. The second-order valence-electron chi connectivity index (χ2n) is 7.92. The van der Waals surface area contributed by atoms with Crippen molar-refractivity contribution in [1.82, 2.24) is 4.90 Å². The zero-order valence-corrected chi connectivity index (χ0v) is 18.4. The van der Waals surface area contributed by atoms with Gasteiger partial charge in [0.1, 0.15) is 18.5 Å². The lowest BCUT2D eigenvalue weighted by Gasteiger charge is -2.43. The van der Waals surface area contributed by atoms with E-state index < -0.39 is 36.2 Å². The molecule has 0 aliphatic carbocycles. The Bertz CT molecular complexity index is 1170. The Morgan fingerprint density at radius 2 is 1.97 bits per heavy atom. The Labute approximate surface area is 198 Å². The van der Waals surface area contributed by atoms with Crippen LogP contribution in [0.4, 0.5) is 30.1 Å². The summed E-state index contributed by atoms with van der Waals surface area (Å²) < 4.78 is 25.8. The van der Waals surface area contributed by atoms with Crippen LogP contribution in [0.3, 0.4) is 0 Å². The number of rotatable bonds is 7. The average Bonchev–Trinajstić information content (AvgIpc) is 3.19. The second-order valence-corrected chi connectivity index (χ2v) is 7.92. The van der Waals surface area contributed by atoms with Gasteiger partial charge in [-0.05, 0) is 29.3 Å². The van der Waals surface area contributed by atoms with Crippen molar-refractivity contribution in [1.29, 1.82) is 0 Å². The molecule has 3 amide bonds. The minimum Gasteiger partial charge on any atom is -0.465 e. The van der Waals surface area contributed by atoms with Crippen molar-refractivity contribution in [2.45, 2.75) is 18.8 Å². The number of benzene rings is 2. The van der Waals surface area contributed by atoms with Crippen molar-refractivity contribution in [3.63, 3.8) is 0 Å². The molecule has 2 aliphatic heterocycles. The van der Waals surface area contributed by atoms with E-state index >= 15 is 4.39 Å². The maximum atomic E-state index is 15.3. The molecule has 2 aliphatic rings. The molecule has 0 unspecified atom stereocenters. The molecule has 2 saturated heterocycles. The lowest BCUT2D eigenvalue weighted by atomic mass is 10.1. The van der Waals surface area contributed by atoms with Crippen molar-refractivity contribution in [2.24, 2.45) is 5.11 Å². The van der Waals surface area contributed by atoms with Crippen LogP contribution in [-0.2, 0) is 16.1 Å². The summed E-state index contributed by atoms with van der Waals surface area (Å²) >= 11 is 0. The molecule has 2 heterocycles. The van der Waals surface area contributed by atoms with Crippen LogP contribution in [-0.4, -0.2) is 66.6 Å². The number of nitrogens with zero attached hydrogens (tertiary/aromatic N) is 6. The zero-order chi connectivity index (χ0) is 24.9. The van der Waals surface area contributed by atoms with Crippen LogP contribution in [0.1, 0.15) is 5.56 Å². The highest BCUT2D eigenvalue weighted by molar-refractivity contribution is 5.92. The number of cyclic esters (lactones) is 1. The molecule has 0 radical (unpaired) electrons. The second kappa shape index (κ2) is 10.2. The fourth-order valence-electron chi connectivity index (χ4n) is 3.82. The summed E-state index contributed by atoms with van der Waals surface area (Å²) in [6.45, 7) is -0.0395. The minimum atomic E-state index is -1.14. The number of hydrogen-bond donors (Lipinski definition) is 1. The van der Waals surface area contributed by atoms with Crippen LogP contribution in [0.5, 0.6) is 0 Å². The zero-order valence-electron chi connectivity index (χ0n) is 18.4. The first-order valence-electron chi connectivity index (χ1n) is 10.6. The van der Waals surface area contributed by atoms with Gasteiger partial charge in [0.25, 0.3) is 0 Å². The quantitative estimate of drug-likeness (QED) is 0.357. The van der Waals surface area contributed by atoms with Crippen LogP contribution in [0.25, 0.3) is 10.4 Å². The van der Waals surface area contributed by atoms with Crippen molar-refractivity contribution in [2.75, 3.05) is 36.0 Å². The van der Waals surface area contributed by atoms with Gasteiger partial charge in [0.2, 0.25) is 0 Å². The van der Waals surface area contributed by atoms with Crippen molar-refractivity contribution in [3.8, 4) is 0 Å². The molecule has 12 nitrogen and oxygen atoms in total. The lowest BCUT2D eigenvalue weighted by Crippen LogP contribution is -2.62. The highest BCUT2D eigenvalue weighted by Gasteiger charge is 2.40. The number of likely N-dealkylation sites (tertiary alicyclic amines) is 1. The fourth-order valence-corrected chi connectivity index (χ4v) is 3.82. The number of hydrogen-bond acceptors (Lipinski definition) is 6. The smallest absolute Gasteiger partial charge is 0.415 e. The van der Waals surface area contributed by atoms with Gasteiger partial charge in [-0.2, -0.15) is 0 Å². The number of carboxylic acid groups (broad SMARTS) is 1. The third-order valence-corrected chi connectivity index (χ3v) is 5.62. The van der Waals surface area contributed by atoms with Gasteiger partial charge in [0, 0.05) is 18.0 Å². The summed E-state index contributed by atoms with van der Waals surface area (Å²) in [6, 6.07) is 12.2. The predicted octanol–water partition coefficient (Wildman–Crippen LogP) is 3.97. The molecule has 2 aromatic carbocycles. The SMILES string of the molecule is [N-]=[N+]=NC[C@H]1CN(c2ccc(N(C(=O)OCc3ccccc3)C3CN(C(=O)O)C3)c(F)c2)C(=O)O1. The molecule has 182 valence electrons. The monoisotopic (exact) mass is 484 g/mol. The Morgan fingerprint density at radius 3 is 2.63 bits per heavy atom. The van der Waals surface area contributed by atoms with E-state index in [4.69, 9.17) is 20.1 Å². The van der Waals surface area contributed by atoms with Crippen LogP contribution in [0.15, 0.2) is 53.6 Å². The molecule has 35 heavy (non-hydrogen) atoms. The van der Waals surface area contributed by atoms with Crippen molar-refractivity contribution in [3.05, 3.63) is 70.4 Å². The summed E-state index contributed by atoms with van der Waals surface area (Å²) in [7, 11) is 0. The topological polar surface area (TPSA) is 148 Å². The van der Waals surface area contributed by atoms with Gasteiger partial charge in [0.05, 0.1) is 30.5 Å². The predicted molar refractivity (Wildman–Crippen MR) is 121 cm³/mol. The molecule has 4 rings (SSSR count). The molecular formula is C22H21FN6O6. The highest BCUT2D eigenvalue weighted by Crippen LogP contribution is 2.31. The summed E-state index contributed by atoms with van der Waals surface area (Å²) in [5, 5.41) is 12.5. The van der Waals surface area contributed by atoms with E-state index in [-0.39, 0.29) is 44.2 Å². The van der Waals surface area contributed by atoms with Crippen LogP contribution in [0.2, 0.25) is 0 Å². The normalized spacial score (nSPS) is 17.3. The highest BCUT2D eigenvalue weighted by atomic mass is 19.1. The fraction of sp³-hybridized carbons (Fsp3) is 0.318. The maximum absolute atomic E-state index is 15.3. The van der Waals surface area contributed by atoms with Crippen molar-refractivity contribution >= 4 is 29.7 Å². The number of amides is 3. The average molecular weight is 484 g/mol. The van der Waals surface area contributed by atoms with E-state index in [1.807, 2.05) is 6.07 Å². The Hall–Kier alpha value is -4.51. The van der Waals surface area contributed by atoms with E-state index in [0.717, 1.165) is 21.4 Å². The van der Waals surface area contributed by atoms with Gasteiger partial charge in [-0.1, -0.05) is 35.4 Å². The third-order valence-electron chi connectivity index (χ3n) is 5.62. The Balaban J connectivity index is 1.53. The first-order valence-corrected chi connectivity index (χ1v) is 10.6. The van der Waals surface area contributed by atoms with Gasteiger partial charge >= 0.3 is 18.3 Å². The van der Waals surface area contributed by atoms with E-state index in [1.165, 1.54) is 17.0 Å². The molecule has 0 spiro atoms. The van der Waals surface area contributed by atoms with Gasteiger partial charge in [0.15, 0.2) is 0 Å². The van der Waals surface area contributed by atoms with Gasteiger partial charge in [-0.15, -0.1) is 0 Å². The first-order chi connectivity index (χ1) is 16.9. The van der Waals surface area contributed by atoms with Crippen LogP contribution in [0, 0.1) is 5.82 Å². The van der Waals surface area contributed by atoms with E-state index in [9.17, 15) is 14.4 Å². The number of carbonyl (C=O) groups is 3. The largest absolute Gasteiger partial charge is 0.465 e. The number of azide groups is 1.